The van der Waals surface area contributed by atoms with Crippen molar-refractivity contribution in [3.63, 3.8) is 0 Å². The summed E-state index contributed by atoms with van der Waals surface area (Å²) < 4.78 is 1.43. The van der Waals surface area contributed by atoms with E-state index in [1.807, 2.05) is 0 Å². The SMILES string of the molecule is C=C(C)Cn1c(C)c(C(=O)O)sc1=O. The molecule has 76 valence electrons. The van der Waals surface area contributed by atoms with Crippen LogP contribution in [0.4, 0.5) is 0 Å². The van der Waals surface area contributed by atoms with Gasteiger partial charge in [-0.05, 0) is 13.8 Å². The third-order valence-electron chi connectivity index (χ3n) is 1.77. The Morgan fingerprint density at radius 2 is 2.21 bits per heavy atom. The van der Waals surface area contributed by atoms with Crippen LogP contribution in [0.3, 0.4) is 0 Å². The van der Waals surface area contributed by atoms with Crippen LogP contribution < -0.4 is 4.87 Å². The van der Waals surface area contributed by atoms with Gasteiger partial charge in [-0.3, -0.25) is 9.36 Å². The molecular formula is C9H11NO3S. The lowest BCUT2D eigenvalue weighted by Crippen LogP contribution is -2.15. The van der Waals surface area contributed by atoms with Crippen molar-refractivity contribution in [2.24, 2.45) is 0 Å². The van der Waals surface area contributed by atoms with E-state index in [0.717, 1.165) is 16.9 Å². The molecule has 0 atom stereocenters. The van der Waals surface area contributed by atoms with Gasteiger partial charge in [-0.25, -0.2) is 4.79 Å². The van der Waals surface area contributed by atoms with Gasteiger partial charge in [-0.1, -0.05) is 23.5 Å². The number of nitrogens with zero attached hydrogens (tertiary/aromatic N) is 1. The molecule has 1 N–H and O–H groups in total. The minimum absolute atomic E-state index is 0.108. The van der Waals surface area contributed by atoms with Gasteiger partial charge in [0.1, 0.15) is 4.88 Å². The van der Waals surface area contributed by atoms with Gasteiger partial charge >= 0.3 is 10.8 Å². The Hall–Kier alpha value is -1.36. The quantitative estimate of drug-likeness (QED) is 0.774. The highest BCUT2D eigenvalue weighted by atomic mass is 32.1. The van der Waals surface area contributed by atoms with Gasteiger partial charge in [-0.2, -0.15) is 0 Å². The molecule has 0 spiro atoms. The van der Waals surface area contributed by atoms with Gasteiger partial charge in [0.05, 0.1) is 0 Å². The molecule has 5 heteroatoms. The maximum absolute atomic E-state index is 11.4. The molecule has 1 aromatic rings. The van der Waals surface area contributed by atoms with Crippen molar-refractivity contribution in [3.8, 4) is 0 Å². The Labute approximate surface area is 85.1 Å². The second-order valence-corrected chi connectivity index (χ2v) is 4.09. The number of hydrogen-bond donors (Lipinski definition) is 1. The Bertz CT molecular complexity index is 441. The zero-order valence-electron chi connectivity index (χ0n) is 8.03. The second kappa shape index (κ2) is 3.79. The molecule has 0 aliphatic carbocycles. The van der Waals surface area contributed by atoms with E-state index in [9.17, 15) is 9.59 Å². The van der Waals surface area contributed by atoms with E-state index in [4.69, 9.17) is 5.11 Å². The molecule has 0 aliphatic heterocycles. The molecule has 0 aliphatic rings. The van der Waals surface area contributed by atoms with Crippen LogP contribution in [0, 0.1) is 6.92 Å². The van der Waals surface area contributed by atoms with Crippen LogP contribution in [-0.2, 0) is 6.54 Å². The summed E-state index contributed by atoms with van der Waals surface area (Å²) in [6.07, 6.45) is 0. The standard InChI is InChI=1S/C9H11NO3S/c1-5(2)4-10-6(3)7(8(11)12)14-9(10)13/h1,4H2,2-3H3,(H,11,12). The zero-order chi connectivity index (χ0) is 10.9. The fraction of sp³-hybridized carbons (Fsp3) is 0.333. The van der Waals surface area contributed by atoms with Gasteiger partial charge in [0, 0.05) is 12.2 Å². The molecule has 0 saturated carbocycles. The molecule has 0 amide bonds. The Morgan fingerprint density at radius 3 is 2.57 bits per heavy atom. The Kier molecular flexibility index (Phi) is 2.90. The maximum atomic E-state index is 11.4. The molecule has 0 aromatic carbocycles. The topological polar surface area (TPSA) is 59.3 Å². The molecular weight excluding hydrogens is 202 g/mol. The third kappa shape index (κ3) is 1.93. The maximum Gasteiger partial charge on any atom is 0.347 e. The predicted octanol–water partition coefficient (Wildman–Crippen LogP) is 1.49. The first-order valence-electron chi connectivity index (χ1n) is 4.01. The molecule has 1 heterocycles. The first-order chi connectivity index (χ1) is 6.43. The summed E-state index contributed by atoms with van der Waals surface area (Å²) in [5, 5.41) is 8.77. The number of aromatic nitrogens is 1. The normalized spacial score (nSPS) is 10.1. The molecule has 0 fully saturated rings. The number of hydrogen-bond acceptors (Lipinski definition) is 3. The highest BCUT2D eigenvalue weighted by Crippen LogP contribution is 2.12. The van der Waals surface area contributed by atoms with Gasteiger partial charge in [-0.15, -0.1) is 0 Å². The van der Waals surface area contributed by atoms with Crippen LogP contribution in [0.1, 0.15) is 22.3 Å². The van der Waals surface area contributed by atoms with E-state index in [2.05, 4.69) is 6.58 Å². The van der Waals surface area contributed by atoms with E-state index >= 15 is 0 Å². The summed E-state index contributed by atoms with van der Waals surface area (Å²) in [4.78, 5) is 21.9. The van der Waals surface area contributed by atoms with Crippen molar-refractivity contribution in [2.45, 2.75) is 20.4 Å². The number of carbonyl (C=O) groups is 1. The lowest BCUT2D eigenvalue weighted by Gasteiger charge is -2.02. The molecule has 0 unspecified atom stereocenters. The predicted molar refractivity (Wildman–Crippen MR) is 55.1 cm³/mol. The molecule has 0 bridgehead atoms. The van der Waals surface area contributed by atoms with Crippen LogP contribution in [0.25, 0.3) is 0 Å². The third-order valence-corrected chi connectivity index (χ3v) is 2.83. The molecule has 0 saturated heterocycles. The van der Waals surface area contributed by atoms with Crippen molar-refractivity contribution < 1.29 is 9.90 Å². The van der Waals surface area contributed by atoms with Crippen molar-refractivity contribution in [2.75, 3.05) is 0 Å². The summed E-state index contributed by atoms with van der Waals surface area (Å²) >= 11 is 0.758. The van der Waals surface area contributed by atoms with Crippen molar-refractivity contribution in [1.29, 1.82) is 0 Å². The first-order valence-corrected chi connectivity index (χ1v) is 4.83. The minimum atomic E-state index is -1.05. The number of allylic oxidation sites excluding steroid dienone is 1. The van der Waals surface area contributed by atoms with Crippen molar-refractivity contribution in [3.05, 3.63) is 32.4 Å². The van der Waals surface area contributed by atoms with Crippen LogP contribution >= 0.6 is 11.3 Å². The van der Waals surface area contributed by atoms with E-state index in [1.165, 1.54) is 4.57 Å². The Morgan fingerprint density at radius 1 is 1.64 bits per heavy atom. The highest BCUT2D eigenvalue weighted by molar-refractivity contribution is 7.11. The molecule has 1 rings (SSSR count). The average Bonchev–Trinajstić information content (AvgIpc) is 2.31. The Balaban J connectivity index is 3.25. The number of thiazole rings is 1. The van der Waals surface area contributed by atoms with Gasteiger partial charge < -0.3 is 5.11 Å². The lowest BCUT2D eigenvalue weighted by molar-refractivity contribution is 0.0700. The number of carboxylic acid groups (broad SMARTS) is 1. The first kappa shape index (κ1) is 10.7. The fourth-order valence-corrected chi connectivity index (χ4v) is 1.96. The average molecular weight is 213 g/mol. The zero-order valence-corrected chi connectivity index (χ0v) is 8.85. The van der Waals surface area contributed by atoms with Gasteiger partial charge in [0.2, 0.25) is 0 Å². The molecule has 1 aromatic heterocycles. The molecule has 0 radical (unpaired) electrons. The summed E-state index contributed by atoms with van der Waals surface area (Å²) in [6.45, 7) is 7.49. The van der Waals surface area contributed by atoms with Gasteiger partial charge in [0.15, 0.2) is 0 Å². The van der Waals surface area contributed by atoms with E-state index in [-0.39, 0.29) is 9.75 Å². The monoisotopic (exact) mass is 213 g/mol. The van der Waals surface area contributed by atoms with E-state index < -0.39 is 5.97 Å². The minimum Gasteiger partial charge on any atom is -0.477 e. The number of rotatable bonds is 3. The molecule has 14 heavy (non-hydrogen) atoms. The van der Waals surface area contributed by atoms with Crippen LogP contribution in [-0.4, -0.2) is 15.6 Å². The second-order valence-electron chi connectivity index (χ2n) is 3.13. The summed E-state index contributed by atoms with van der Waals surface area (Å²) in [6, 6.07) is 0. The summed E-state index contributed by atoms with van der Waals surface area (Å²) in [5.41, 5.74) is 1.32. The summed E-state index contributed by atoms with van der Waals surface area (Å²) in [5.74, 6) is -1.05. The number of carboxylic acids is 1. The largest absolute Gasteiger partial charge is 0.477 e. The molecule has 4 nitrogen and oxygen atoms in total. The van der Waals surface area contributed by atoms with Crippen LogP contribution in [0.15, 0.2) is 16.9 Å². The number of aromatic carboxylic acids is 1. The lowest BCUT2D eigenvalue weighted by atomic mass is 10.3. The van der Waals surface area contributed by atoms with E-state index in [1.54, 1.807) is 13.8 Å². The van der Waals surface area contributed by atoms with E-state index in [0.29, 0.717) is 12.2 Å². The smallest absolute Gasteiger partial charge is 0.347 e. The summed E-state index contributed by atoms with van der Waals surface area (Å²) in [7, 11) is 0. The van der Waals surface area contributed by atoms with Crippen LogP contribution in [0.2, 0.25) is 0 Å². The fourth-order valence-electron chi connectivity index (χ4n) is 1.13. The highest BCUT2D eigenvalue weighted by Gasteiger charge is 2.16. The van der Waals surface area contributed by atoms with Crippen molar-refractivity contribution in [1.82, 2.24) is 4.57 Å². The van der Waals surface area contributed by atoms with Crippen LogP contribution in [0.5, 0.6) is 0 Å². The van der Waals surface area contributed by atoms with Gasteiger partial charge in [0.25, 0.3) is 0 Å². The van der Waals surface area contributed by atoms with Crippen molar-refractivity contribution >= 4 is 17.3 Å².